The highest BCUT2D eigenvalue weighted by molar-refractivity contribution is 6.30. The van der Waals surface area contributed by atoms with Crippen molar-refractivity contribution in [3.8, 4) is 0 Å². The third-order valence-corrected chi connectivity index (χ3v) is 2.42. The predicted molar refractivity (Wildman–Crippen MR) is 63.3 cm³/mol. The molecule has 82 valence electrons. The van der Waals surface area contributed by atoms with Crippen LogP contribution in [-0.2, 0) is 0 Å². The van der Waals surface area contributed by atoms with Crippen molar-refractivity contribution in [1.82, 2.24) is 5.32 Å². The Morgan fingerprint density at radius 2 is 2.27 bits per heavy atom. The van der Waals surface area contributed by atoms with Crippen LogP contribution in [0.2, 0.25) is 5.02 Å². The van der Waals surface area contributed by atoms with Crippen molar-refractivity contribution >= 4 is 17.5 Å². The maximum absolute atomic E-state index is 11.7. The molecule has 0 bridgehead atoms. The smallest absolute Gasteiger partial charge is 0.251 e. The molecule has 0 radical (unpaired) electrons. The normalized spacial score (nSPS) is 12.2. The van der Waals surface area contributed by atoms with Crippen molar-refractivity contribution in [1.29, 1.82) is 0 Å². The predicted octanol–water partition coefficient (Wildman–Crippen LogP) is 3.26. The van der Waals surface area contributed by atoms with Crippen LogP contribution in [0.1, 0.15) is 37.0 Å². The number of amides is 1. The van der Waals surface area contributed by atoms with Crippen molar-refractivity contribution in [2.75, 3.05) is 0 Å². The van der Waals surface area contributed by atoms with Gasteiger partial charge in [-0.15, -0.1) is 0 Å². The summed E-state index contributed by atoms with van der Waals surface area (Å²) in [6, 6.07) is 7.19. The van der Waals surface area contributed by atoms with Gasteiger partial charge in [-0.2, -0.15) is 0 Å². The zero-order valence-corrected chi connectivity index (χ0v) is 9.84. The fourth-order valence-corrected chi connectivity index (χ4v) is 1.63. The van der Waals surface area contributed by atoms with E-state index in [1.54, 1.807) is 24.3 Å². The summed E-state index contributed by atoms with van der Waals surface area (Å²) in [5.41, 5.74) is 0.616. The first kappa shape index (κ1) is 12.1. The summed E-state index contributed by atoms with van der Waals surface area (Å²) in [5.74, 6) is -0.0570. The monoisotopic (exact) mass is 225 g/mol. The van der Waals surface area contributed by atoms with E-state index < -0.39 is 0 Å². The quantitative estimate of drug-likeness (QED) is 0.838. The molecule has 2 nitrogen and oxygen atoms in total. The number of halogens is 1. The highest BCUT2D eigenvalue weighted by Gasteiger charge is 2.08. The molecule has 0 aliphatic rings. The number of rotatable bonds is 4. The van der Waals surface area contributed by atoms with Gasteiger partial charge in [0.25, 0.3) is 5.91 Å². The van der Waals surface area contributed by atoms with Gasteiger partial charge in [0.1, 0.15) is 0 Å². The van der Waals surface area contributed by atoms with Crippen LogP contribution >= 0.6 is 11.6 Å². The second kappa shape index (κ2) is 5.76. The Kier molecular flexibility index (Phi) is 4.63. The van der Waals surface area contributed by atoms with Gasteiger partial charge in [0.15, 0.2) is 0 Å². The SMILES string of the molecule is CCC[C@@H](C)NC(=O)c1cccc(Cl)c1. The summed E-state index contributed by atoms with van der Waals surface area (Å²) in [4.78, 5) is 11.7. The Bertz CT molecular complexity index is 338. The van der Waals surface area contributed by atoms with Crippen molar-refractivity contribution < 1.29 is 4.79 Å². The Hall–Kier alpha value is -1.02. The second-order valence-corrected chi connectivity index (χ2v) is 4.11. The molecule has 1 aromatic carbocycles. The molecule has 0 fully saturated rings. The highest BCUT2D eigenvalue weighted by atomic mass is 35.5. The Morgan fingerprint density at radius 1 is 1.53 bits per heavy atom. The molecule has 0 spiro atoms. The van der Waals surface area contributed by atoms with E-state index >= 15 is 0 Å². The van der Waals surface area contributed by atoms with E-state index in [9.17, 15) is 4.79 Å². The Morgan fingerprint density at radius 3 is 2.87 bits per heavy atom. The van der Waals surface area contributed by atoms with Crippen LogP contribution in [0.25, 0.3) is 0 Å². The highest BCUT2D eigenvalue weighted by Crippen LogP contribution is 2.10. The van der Waals surface area contributed by atoms with E-state index in [0.29, 0.717) is 10.6 Å². The number of benzene rings is 1. The third kappa shape index (κ3) is 3.92. The van der Waals surface area contributed by atoms with Gasteiger partial charge < -0.3 is 5.32 Å². The average Bonchev–Trinajstić information content (AvgIpc) is 2.18. The van der Waals surface area contributed by atoms with Gasteiger partial charge in [-0.25, -0.2) is 0 Å². The minimum absolute atomic E-state index is 0.0570. The lowest BCUT2D eigenvalue weighted by molar-refractivity contribution is 0.0938. The number of carbonyl (C=O) groups excluding carboxylic acids is 1. The first-order chi connectivity index (χ1) is 7.13. The molecule has 1 atom stereocenters. The molecule has 3 heteroatoms. The minimum atomic E-state index is -0.0570. The van der Waals surface area contributed by atoms with Crippen LogP contribution in [0.15, 0.2) is 24.3 Å². The molecular formula is C12H16ClNO. The summed E-state index contributed by atoms with van der Waals surface area (Å²) in [6.45, 7) is 4.11. The fraction of sp³-hybridized carbons (Fsp3) is 0.417. The third-order valence-electron chi connectivity index (χ3n) is 2.19. The van der Waals surface area contributed by atoms with Crippen LogP contribution < -0.4 is 5.32 Å². The van der Waals surface area contributed by atoms with E-state index in [-0.39, 0.29) is 11.9 Å². The summed E-state index contributed by atoms with van der Waals surface area (Å²) >= 11 is 5.81. The molecule has 1 amide bonds. The molecule has 15 heavy (non-hydrogen) atoms. The van der Waals surface area contributed by atoms with Gasteiger partial charge in [-0.1, -0.05) is 31.0 Å². The first-order valence-corrected chi connectivity index (χ1v) is 5.57. The Labute approximate surface area is 95.6 Å². The van der Waals surface area contributed by atoms with E-state index in [0.717, 1.165) is 12.8 Å². The summed E-state index contributed by atoms with van der Waals surface area (Å²) in [7, 11) is 0. The first-order valence-electron chi connectivity index (χ1n) is 5.20. The standard InChI is InChI=1S/C12H16ClNO/c1-3-5-9(2)14-12(15)10-6-4-7-11(13)8-10/h4,6-9H,3,5H2,1-2H3,(H,14,15)/t9-/m1/s1. The number of hydrogen-bond acceptors (Lipinski definition) is 1. The lowest BCUT2D eigenvalue weighted by Gasteiger charge is -2.12. The van der Waals surface area contributed by atoms with Crippen LogP contribution in [0.3, 0.4) is 0 Å². The van der Waals surface area contributed by atoms with Crippen molar-refractivity contribution in [3.05, 3.63) is 34.9 Å². The van der Waals surface area contributed by atoms with Gasteiger partial charge in [0.05, 0.1) is 0 Å². The largest absolute Gasteiger partial charge is 0.350 e. The molecule has 0 heterocycles. The molecular weight excluding hydrogens is 210 g/mol. The van der Waals surface area contributed by atoms with E-state index in [2.05, 4.69) is 12.2 Å². The number of nitrogens with one attached hydrogen (secondary N) is 1. The van der Waals surface area contributed by atoms with Crippen LogP contribution in [0.4, 0.5) is 0 Å². The lowest BCUT2D eigenvalue weighted by atomic mass is 10.1. The van der Waals surface area contributed by atoms with Crippen LogP contribution in [-0.4, -0.2) is 11.9 Å². The average molecular weight is 226 g/mol. The molecule has 0 unspecified atom stereocenters. The molecule has 0 aromatic heterocycles. The molecule has 0 aliphatic carbocycles. The topological polar surface area (TPSA) is 29.1 Å². The molecule has 0 saturated carbocycles. The van der Waals surface area contributed by atoms with Crippen molar-refractivity contribution in [2.24, 2.45) is 0 Å². The van der Waals surface area contributed by atoms with Crippen LogP contribution in [0, 0.1) is 0 Å². The fourth-order valence-electron chi connectivity index (χ4n) is 1.44. The van der Waals surface area contributed by atoms with Gasteiger partial charge in [0, 0.05) is 16.6 Å². The van der Waals surface area contributed by atoms with Crippen molar-refractivity contribution in [3.63, 3.8) is 0 Å². The van der Waals surface area contributed by atoms with E-state index in [4.69, 9.17) is 11.6 Å². The zero-order valence-electron chi connectivity index (χ0n) is 9.09. The van der Waals surface area contributed by atoms with Crippen LogP contribution in [0.5, 0.6) is 0 Å². The minimum Gasteiger partial charge on any atom is -0.350 e. The van der Waals surface area contributed by atoms with E-state index in [1.165, 1.54) is 0 Å². The molecule has 1 N–H and O–H groups in total. The summed E-state index contributed by atoms with van der Waals surface area (Å²) < 4.78 is 0. The zero-order chi connectivity index (χ0) is 11.3. The van der Waals surface area contributed by atoms with Crippen molar-refractivity contribution in [2.45, 2.75) is 32.7 Å². The summed E-state index contributed by atoms with van der Waals surface area (Å²) in [5, 5.41) is 3.52. The lowest BCUT2D eigenvalue weighted by Crippen LogP contribution is -2.32. The molecule has 1 rings (SSSR count). The molecule has 0 saturated heterocycles. The maximum Gasteiger partial charge on any atom is 0.251 e. The number of hydrogen-bond donors (Lipinski definition) is 1. The van der Waals surface area contributed by atoms with Gasteiger partial charge >= 0.3 is 0 Å². The molecule has 1 aromatic rings. The second-order valence-electron chi connectivity index (χ2n) is 3.67. The number of carbonyl (C=O) groups is 1. The van der Waals surface area contributed by atoms with Gasteiger partial charge in [-0.3, -0.25) is 4.79 Å². The van der Waals surface area contributed by atoms with Gasteiger partial charge in [-0.05, 0) is 31.5 Å². The van der Waals surface area contributed by atoms with Gasteiger partial charge in [0.2, 0.25) is 0 Å². The van der Waals surface area contributed by atoms with E-state index in [1.807, 2.05) is 6.92 Å². The maximum atomic E-state index is 11.7. The molecule has 0 aliphatic heterocycles. The Balaban J connectivity index is 2.61. The summed E-state index contributed by atoms with van der Waals surface area (Å²) in [6.07, 6.45) is 2.06.